The predicted molar refractivity (Wildman–Crippen MR) is 52.5 cm³/mol. The summed E-state index contributed by atoms with van der Waals surface area (Å²) in [5.74, 6) is 0.238. The molecule has 0 atom stereocenters. The van der Waals surface area contributed by atoms with Crippen molar-refractivity contribution in [1.29, 1.82) is 0 Å². The van der Waals surface area contributed by atoms with E-state index in [1.54, 1.807) is 18.2 Å². The Kier molecular flexibility index (Phi) is 3.46. The average molecular weight is 178 g/mol. The number of aromatic hydroxyl groups is 1. The van der Waals surface area contributed by atoms with Crippen LogP contribution in [-0.2, 0) is 6.54 Å². The highest BCUT2D eigenvalue weighted by Crippen LogP contribution is 2.13. The van der Waals surface area contributed by atoms with Gasteiger partial charge in [-0.05, 0) is 19.1 Å². The van der Waals surface area contributed by atoms with Crippen LogP contribution in [0.25, 0.3) is 0 Å². The monoisotopic (exact) mass is 178 g/mol. The number of hydrogen-bond acceptors (Lipinski definition) is 3. The molecule has 1 aromatic rings. The molecule has 3 heteroatoms. The van der Waals surface area contributed by atoms with Crippen LogP contribution >= 0.6 is 0 Å². The molecule has 70 valence electrons. The molecule has 13 heavy (non-hydrogen) atoms. The maximum Gasteiger partial charge on any atom is 0.138 e. The number of pyridine rings is 1. The van der Waals surface area contributed by atoms with E-state index >= 15 is 0 Å². The van der Waals surface area contributed by atoms with Gasteiger partial charge < -0.3 is 10.4 Å². The zero-order valence-corrected chi connectivity index (χ0v) is 7.75. The van der Waals surface area contributed by atoms with Crippen molar-refractivity contribution >= 4 is 0 Å². The van der Waals surface area contributed by atoms with Gasteiger partial charge >= 0.3 is 0 Å². The van der Waals surface area contributed by atoms with Crippen molar-refractivity contribution in [2.75, 3.05) is 6.54 Å². The predicted octanol–water partition coefficient (Wildman–Crippen LogP) is 1.37. The van der Waals surface area contributed by atoms with Crippen LogP contribution in [0.1, 0.15) is 11.4 Å². The van der Waals surface area contributed by atoms with Crippen LogP contribution in [-0.4, -0.2) is 16.6 Å². The maximum absolute atomic E-state index is 9.41. The van der Waals surface area contributed by atoms with E-state index in [1.165, 1.54) is 0 Å². The van der Waals surface area contributed by atoms with Gasteiger partial charge in [0.15, 0.2) is 0 Å². The van der Waals surface area contributed by atoms with Gasteiger partial charge in [-0.15, -0.1) is 6.58 Å². The van der Waals surface area contributed by atoms with E-state index in [2.05, 4.69) is 16.9 Å². The molecule has 0 fully saturated rings. The highest BCUT2D eigenvalue weighted by atomic mass is 16.3. The third-order valence-corrected chi connectivity index (χ3v) is 1.67. The van der Waals surface area contributed by atoms with Gasteiger partial charge in [0.05, 0.1) is 5.69 Å². The van der Waals surface area contributed by atoms with Crippen molar-refractivity contribution < 1.29 is 5.11 Å². The summed E-state index contributed by atoms with van der Waals surface area (Å²) in [6.07, 6.45) is 1.77. The lowest BCUT2D eigenvalue weighted by Gasteiger charge is -2.04. The van der Waals surface area contributed by atoms with E-state index in [9.17, 15) is 5.11 Å². The Balaban J connectivity index is 2.64. The zero-order chi connectivity index (χ0) is 9.68. The number of nitrogens with one attached hydrogen (secondary N) is 1. The molecule has 0 aromatic carbocycles. The number of hydrogen-bond donors (Lipinski definition) is 2. The standard InChI is InChI=1S/C10H14N2O/c1-3-6-11-7-9-10(13)5-4-8(2)12-9/h3-5,11,13H,1,6-7H2,2H3. The summed E-state index contributed by atoms with van der Waals surface area (Å²) in [7, 11) is 0. The first-order valence-corrected chi connectivity index (χ1v) is 4.21. The van der Waals surface area contributed by atoms with Crippen molar-refractivity contribution in [2.45, 2.75) is 13.5 Å². The Labute approximate surface area is 78.1 Å². The first kappa shape index (κ1) is 9.74. The minimum Gasteiger partial charge on any atom is -0.506 e. The number of aryl methyl sites for hydroxylation is 1. The smallest absolute Gasteiger partial charge is 0.138 e. The number of aromatic nitrogens is 1. The van der Waals surface area contributed by atoms with E-state index in [0.29, 0.717) is 12.2 Å². The van der Waals surface area contributed by atoms with Crippen LogP contribution in [0.5, 0.6) is 5.75 Å². The fourth-order valence-electron chi connectivity index (χ4n) is 1.03. The minimum atomic E-state index is 0.238. The first-order valence-electron chi connectivity index (χ1n) is 4.21. The Morgan fingerprint density at radius 3 is 3.08 bits per heavy atom. The summed E-state index contributed by atoms with van der Waals surface area (Å²) in [5, 5.41) is 12.5. The SMILES string of the molecule is C=CCNCc1nc(C)ccc1O. The molecule has 1 heterocycles. The molecular formula is C10H14N2O. The topological polar surface area (TPSA) is 45.2 Å². The molecule has 0 bridgehead atoms. The van der Waals surface area contributed by atoms with Crippen molar-refractivity contribution in [2.24, 2.45) is 0 Å². The normalized spacial score (nSPS) is 9.92. The van der Waals surface area contributed by atoms with Gasteiger partial charge in [-0.2, -0.15) is 0 Å². The summed E-state index contributed by atoms with van der Waals surface area (Å²) in [6.45, 7) is 6.77. The molecular weight excluding hydrogens is 164 g/mol. The number of nitrogens with zero attached hydrogens (tertiary/aromatic N) is 1. The minimum absolute atomic E-state index is 0.238. The van der Waals surface area contributed by atoms with Crippen LogP contribution in [0.3, 0.4) is 0 Å². The summed E-state index contributed by atoms with van der Waals surface area (Å²) < 4.78 is 0. The maximum atomic E-state index is 9.41. The lowest BCUT2D eigenvalue weighted by Crippen LogP contribution is -2.14. The third kappa shape index (κ3) is 2.87. The summed E-state index contributed by atoms with van der Waals surface area (Å²) >= 11 is 0. The molecule has 0 spiro atoms. The van der Waals surface area contributed by atoms with Crippen molar-refractivity contribution in [1.82, 2.24) is 10.3 Å². The van der Waals surface area contributed by atoms with Gasteiger partial charge in [0.1, 0.15) is 5.75 Å². The molecule has 0 unspecified atom stereocenters. The van der Waals surface area contributed by atoms with Crippen molar-refractivity contribution in [3.05, 3.63) is 36.2 Å². The van der Waals surface area contributed by atoms with E-state index in [1.807, 2.05) is 6.92 Å². The fraction of sp³-hybridized carbons (Fsp3) is 0.300. The molecule has 0 saturated carbocycles. The van der Waals surface area contributed by atoms with Crippen LogP contribution in [0.2, 0.25) is 0 Å². The molecule has 0 radical (unpaired) electrons. The highest BCUT2D eigenvalue weighted by molar-refractivity contribution is 5.27. The Bertz CT molecular complexity index is 297. The van der Waals surface area contributed by atoms with Crippen LogP contribution in [0.15, 0.2) is 24.8 Å². The lowest BCUT2D eigenvalue weighted by molar-refractivity contribution is 0.460. The van der Waals surface area contributed by atoms with Crippen molar-refractivity contribution in [3.8, 4) is 5.75 Å². The summed E-state index contributed by atoms with van der Waals surface area (Å²) in [4.78, 5) is 4.20. The zero-order valence-electron chi connectivity index (χ0n) is 7.75. The van der Waals surface area contributed by atoms with Gasteiger partial charge in [0.2, 0.25) is 0 Å². The van der Waals surface area contributed by atoms with Gasteiger partial charge in [0, 0.05) is 18.8 Å². The van der Waals surface area contributed by atoms with Crippen LogP contribution in [0.4, 0.5) is 0 Å². The molecule has 0 amide bonds. The van der Waals surface area contributed by atoms with E-state index in [-0.39, 0.29) is 5.75 Å². The van der Waals surface area contributed by atoms with Crippen LogP contribution in [0, 0.1) is 6.92 Å². The second kappa shape index (κ2) is 4.62. The third-order valence-electron chi connectivity index (χ3n) is 1.67. The van der Waals surface area contributed by atoms with Gasteiger partial charge in [0.25, 0.3) is 0 Å². The molecule has 1 rings (SSSR count). The van der Waals surface area contributed by atoms with E-state index < -0.39 is 0 Å². The quantitative estimate of drug-likeness (QED) is 0.540. The Morgan fingerprint density at radius 2 is 2.38 bits per heavy atom. The van der Waals surface area contributed by atoms with Gasteiger partial charge in [-0.3, -0.25) is 4.98 Å². The first-order chi connectivity index (χ1) is 6.24. The molecule has 2 N–H and O–H groups in total. The summed E-state index contributed by atoms with van der Waals surface area (Å²) in [5.41, 5.74) is 1.59. The summed E-state index contributed by atoms with van der Waals surface area (Å²) in [6, 6.07) is 3.44. The van der Waals surface area contributed by atoms with Gasteiger partial charge in [-0.1, -0.05) is 6.08 Å². The molecule has 0 aliphatic heterocycles. The van der Waals surface area contributed by atoms with Crippen molar-refractivity contribution in [3.63, 3.8) is 0 Å². The molecule has 3 nitrogen and oxygen atoms in total. The largest absolute Gasteiger partial charge is 0.506 e. The van der Waals surface area contributed by atoms with Crippen LogP contribution < -0.4 is 5.32 Å². The second-order valence-electron chi connectivity index (χ2n) is 2.84. The molecule has 0 saturated heterocycles. The average Bonchev–Trinajstić information content (AvgIpc) is 2.11. The Morgan fingerprint density at radius 1 is 1.62 bits per heavy atom. The van der Waals surface area contributed by atoms with E-state index in [4.69, 9.17) is 0 Å². The lowest BCUT2D eigenvalue weighted by atomic mass is 10.3. The molecule has 0 aliphatic rings. The Hall–Kier alpha value is -1.35. The number of rotatable bonds is 4. The second-order valence-corrected chi connectivity index (χ2v) is 2.84. The fourth-order valence-corrected chi connectivity index (χ4v) is 1.03. The highest BCUT2D eigenvalue weighted by Gasteiger charge is 2.00. The molecule has 0 aliphatic carbocycles. The molecule has 1 aromatic heterocycles. The van der Waals surface area contributed by atoms with E-state index in [0.717, 1.165) is 12.2 Å². The van der Waals surface area contributed by atoms with Gasteiger partial charge in [-0.25, -0.2) is 0 Å².